The van der Waals surface area contributed by atoms with E-state index in [-0.39, 0.29) is 34.8 Å². The lowest BCUT2D eigenvalue weighted by molar-refractivity contribution is -0.161. The lowest BCUT2D eigenvalue weighted by Crippen LogP contribution is -2.51. The van der Waals surface area contributed by atoms with E-state index in [1.807, 2.05) is 0 Å². The molecule has 0 aromatic heterocycles. The fourth-order valence-electron chi connectivity index (χ4n) is 7.09. The summed E-state index contributed by atoms with van der Waals surface area (Å²) in [5, 5.41) is 9.67. The average molecular weight is 416 g/mol. The molecule has 3 rings (SSSR count). The van der Waals surface area contributed by atoms with E-state index in [9.17, 15) is 14.9 Å². The number of rotatable bonds is 5. The molecule has 30 heavy (non-hydrogen) atoms. The van der Waals surface area contributed by atoms with E-state index >= 15 is 0 Å². The number of hydrogen-bond donors (Lipinski definition) is 0. The Balaban J connectivity index is 1.89. The first kappa shape index (κ1) is 22.8. The molecule has 3 aliphatic carbocycles. The molecule has 0 N–H and O–H groups in total. The summed E-state index contributed by atoms with van der Waals surface area (Å²) < 4.78 is 11.0. The fourth-order valence-corrected chi connectivity index (χ4v) is 7.09. The van der Waals surface area contributed by atoms with Gasteiger partial charge in [0.15, 0.2) is 0 Å². The summed E-state index contributed by atoms with van der Waals surface area (Å²) in [4.78, 5) is 23.1. The van der Waals surface area contributed by atoms with Crippen molar-refractivity contribution in [3.63, 3.8) is 0 Å². The van der Waals surface area contributed by atoms with Crippen molar-refractivity contribution in [3.05, 3.63) is 12.2 Å². The highest BCUT2D eigenvalue weighted by atomic mass is 16.5. The Labute approximate surface area is 181 Å². The van der Waals surface area contributed by atoms with E-state index < -0.39 is 0 Å². The smallest absolute Gasteiger partial charge is 0.302 e. The van der Waals surface area contributed by atoms with Crippen LogP contribution in [0.3, 0.4) is 0 Å². The molecule has 7 atom stereocenters. The number of carbonyl (C=O) groups is 2. The molecule has 0 saturated heterocycles. The number of fused-ring (bicyclic) bond motifs is 1. The molecule has 0 aromatic rings. The average Bonchev–Trinajstić information content (AvgIpc) is 2.97. The third-order valence-corrected chi connectivity index (χ3v) is 8.87. The minimum absolute atomic E-state index is 0.0428. The van der Waals surface area contributed by atoms with Gasteiger partial charge in [0.1, 0.15) is 6.10 Å². The number of hydrogen-bond acceptors (Lipinski definition) is 5. The Morgan fingerprint density at radius 1 is 1.13 bits per heavy atom. The second-order valence-electron chi connectivity index (χ2n) is 10.3. The molecule has 5 heteroatoms. The zero-order valence-corrected chi connectivity index (χ0v) is 19.0. The fraction of sp³-hybridized carbons (Fsp3) is 0.800. The minimum Gasteiger partial charge on any atom is -0.466 e. The Morgan fingerprint density at radius 2 is 1.87 bits per heavy atom. The van der Waals surface area contributed by atoms with Gasteiger partial charge in [-0.3, -0.25) is 9.59 Å². The van der Waals surface area contributed by atoms with Crippen molar-refractivity contribution in [1.82, 2.24) is 0 Å². The topological polar surface area (TPSA) is 76.4 Å². The molecule has 0 spiro atoms. The molecule has 3 fully saturated rings. The number of carbonyl (C=O) groups excluding carboxylic acids is 2. The molecule has 0 aliphatic heterocycles. The first-order chi connectivity index (χ1) is 14.1. The molecule has 3 saturated carbocycles. The van der Waals surface area contributed by atoms with Gasteiger partial charge in [0.2, 0.25) is 0 Å². The summed E-state index contributed by atoms with van der Waals surface area (Å²) in [6, 6.07) is 2.48. The summed E-state index contributed by atoms with van der Waals surface area (Å²) in [6.07, 6.45) is 7.30. The molecular weight excluding hydrogens is 378 g/mol. The summed E-state index contributed by atoms with van der Waals surface area (Å²) in [6.45, 7) is 12.3. The predicted molar refractivity (Wildman–Crippen MR) is 114 cm³/mol. The normalized spacial score (nSPS) is 40.9. The van der Waals surface area contributed by atoms with E-state index in [0.717, 1.165) is 38.5 Å². The zero-order chi connectivity index (χ0) is 22.1. The standard InChI is InChI=1S/C25H37NO4/c1-16-6-7-22-21(10-13-26)23(9-12-24(16,22)4)25(5)11-8-20(30-18(3)28)14-19(25)15-29-17(2)27/h19-23H,1,6-12,14-15H2,2-5H3/t19-,20+,21-,22+,23+,24-,25+/m1/s1. The summed E-state index contributed by atoms with van der Waals surface area (Å²) in [5.41, 5.74) is 1.46. The molecule has 5 nitrogen and oxygen atoms in total. The van der Waals surface area contributed by atoms with Crippen LogP contribution in [0.25, 0.3) is 0 Å². The minimum atomic E-state index is -0.274. The summed E-state index contributed by atoms with van der Waals surface area (Å²) in [5.74, 6) is 0.836. The van der Waals surface area contributed by atoms with Gasteiger partial charge in [0, 0.05) is 26.2 Å². The van der Waals surface area contributed by atoms with Gasteiger partial charge in [-0.2, -0.15) is 5.26 Å². The van der Waals surface area contributed by atoms with Crippen molar-refractivity contribution in [1.29, 1.82) is 5.26 Å². The molecule has 0 heterocycles. The Bertz CT molecular complexity index is 740. The van der Waals surface area contributed by atoms with Crippen LogP contribution in [0.2, 0.25) is 0 Å². The maximum Gasteiger partial charge on any atom is 0.302 e. The van der Waals surface area contributed by atoms with Gasteiger partial charge in [0.05, 0.1) is 12.7 Å². The van der Waals surface area contributed by atoms with Crippen molar-refractivity contribution in [3.8, 4) is 6.07 Å². The first-order valence-electron chi connectivity index (χ1n) is 11.5. The van der Waals surface area contributed by atoms with Crippen LogP contribution in [0, 0.1) is 45.8 Å². The molecule has 0 radical (unpaired) electrons. The lowest BCUT2D eigenvalue weighted by Gasteiger charge is -2.56. The molecule has 166 valence electrons. The quantitative estimate of drug-likeness (QED) is 0.456. The number of nitriles is 1. The maximum absolute atomic E-state index is 11.6. The van der Waals surface area contributed by atoms with Crippen LogP contribution in [0.15, 0.2) is 12.2 Å². The van der Waals surface area contributed by atoms with Crippen LogP contribution in [-0.4, -0.2) is 24.6 Å². The van der Waals surface area contributed by atoms with Gasteiger partial charge in [-0.25, -0.2) is 0 Å². The van der Waals surface area contributed by atoms with Gasteiger partial charge in [-0.05, 0) is 73.5 Å². The number of nitrogens with zero attached hydrogens (tertiary/aromatic N) is 1. The monoisotopic (exact) mass is 415 g/mol. The number of allylic oxidation sites excluding steroid dienone is 1. The predicted octanol–water partition coefficient (Wildman–Crippen LogP) is 5.20. The maximum atomic E-state index is 11.6. The van der Waals surface area contributed by atoms with Crippen LogP contribution in [0.4, 0.5) is 0 Å². The van der Waals surface area contributed by atoms with Crippen LogP contribution in [0.1, 0.15) is 79.1 Å². The largest absolute Gasteiger partial charge is 0.466 e. The zero-order valence-electron chi connectivity index (χ0n) is 19.0. The molecule has 0 unspecified atom stereocenters. The van der Waals surface area contributed by atoms with Gasteiger partial charge in [-0.1, -0.05) is 26.0 Å². The molecule has 0 amide bonds. The van der Waals surface area contributed by atoms with Crippen molar-refractivity contribution >= 4 is 11.9 Å². The van der Waals surface area contributed by atoms with Crippen molar-refractivity contribution < 1.29 is 19.1 Å². The second kappa shape index (κ2) is 8.73. The van der Waals surface area contributed by atoms with E-state index in [4.69, 9.17) is 9.47 Å². The Kier molecular flexibility index (Phi) is 6.65. The molecule has 0 aromatic carbocycles. The van der Waals surface area contributed by atoms with E-state index in [2.05, 4.69) is 26.5 Å². The lowest BCUT2D eigenvalue weighted by atomic mass is 9.49. The first-order valence-corrected chi connectivity index (χ1v) is 11.5. The summed E-state index contributed by atoms with van der Waals surface area (Å²) >= 11 is 0. The van der Waals surface area contributed by atoms with Gasteiger partial charge in [0.25, 0.3) is 0 Å². The van der Waals surface area contributed by atoms with Crippen molar-refractivity contribution in [2.45, 2.75) is 85.2 Å². The van der Waals surface area contributed by atoms with Crippen LogP contribution in [0.5, 0.6) is 0 Å². The highest BCUT2D eigenvalue weighted by molar-refractivity contribution is 5.66. The van der Waals surface area contributed by atoms with Crippen molar-refractivity contribution in [2.75, 3.05) is 6.61 Å². The Morgan fingerprint density at radius 3 is 2.50 bits per heavy atom. The van der Waals surface area contributed by atoms with E-state index in [1.165, 1.54) is 19.4 Å². The third kappa shape index (κ3) is 4.15. The molecule has 0 bridgehead atoms. The number of ether oxygens (including phenoxy) is 2. The molecular formula is C25H37NO4. The summed E-state index contributed by atoms with van der Waals surface area (Å²) in [7, 11) is 0. The van der Waals surface area contributed by atoms with Gasteiger partial charge in [-0.15, -0.1) is 0 Å². The van der Waals surface area contributed by atoms with E-state index in [0.29, 0.717) is 37.2 Å². The molecule has 3 aliphatic rings. The van der Waals surface area contributed by atoms with Crippen molar-refractivity contribution in [2.24, 2.45) is 34.5 Å². The Hall–Kier alpha value is -1.83. The van der Waals surface area contributed by atoms with E-state index in [1.54, 1.807) is 0 Å². The van der Waals surface area contributed by atoms with Gasteiger partial charge < -0.3 is 9.47 Å². The highest BCUT2D eigenvalue weighted by Crippen LogP contribution is 2.64. The van der Waals surface area contributed by atoms with Crippen LogP contribution < -0.4 is 0 Å². The van der Waals surface area contributed by atoms with Crippen LogP contribution in [-0.2, 0) is 19.1 Å². The SMILES string of the molecule is C=C1CC[C@H]2[C@@H](CC#N)[C@@H]([C@@]3(C)CC[C@H](OC(C)=O)C[C@@H]3COC(C)=O)CC[C@]12C. The number of esters is 2. The highest BCUT2D eigenvalue weighted by Gasteiger charge is 2.57. The van der Waals surface area contributed by atoms with Gasteiger partial charge >= 0.3 is 11.9 Å². The van der Waals surface area contributed by atoms with Crippen LogP contribution >= 0.6 is 0 Å². The third-order valence-electron chi connectivity index (χ3n) is 8.87. The second-order valence-corrected chi connectivity index (χ2v) is 10.3.